The third-order valence-corrected chi connectivity index (χ3v) is 6.26. The Morgan fingerprint density at radius 1 is 1.09 bits per heavy atom. The molecule has 33 heavy (non-hydrogen) atoms. The molecule has 0 amide bonds. The fraction of sp³-hybridized carbons (Fsp3) is 0.231. The van der Waals surface area contributed by atoms with Crippen LogP contribution in [0.4, 0.5) is 0 Å². The van der Waals surface area contributed by atoms with Gasteiger partial charge < -0.3 is 14.2 Å². The van der Waals surface area contributed by atoms with Gasteiger partial charge in [0.2, 0.25) is 6.23 Å². The van der Waals surface area contributed by atoms with Gasteiger partial charge in [-0.15, -0.1) is 0 Å². The van der Waals surface area contributed by atoms with Crippen LogP contribution in [0, 0.1) is 6.92 Å². The standard InChI is InChI=1S/C26H23ClN2O4/c1-15-4-6-16(7-5-15)21-14-22-20-12-19(27)13-23(31-2)24(20)33-25(29(22)28-21)17-8-10-18(11-9-17)26(30)32-3/h4-13,22,25H,14H2,1-3H3/t22-,25+/m0/s1. The molecule has 2 heterocycles. The smallest absolute Gasteiger partial charge is 0.337 e. The number of aryl methyl sites for hydroxylation is 1. The van der Waals surface area contributed by atoms with Crippen LogP contribution in [0.2, 0.25) is 5.02 Å². The maximum atomic E-state index is 11.9. The van der Waals surface area contributed by atoms with Gasteiger partial charge in [0.1, 0.15) is 0 Å². The number of nitrogens with zero attached hydrogens (tertiary/aromatic N) is 2. The van der Waals surface area contributed by atoms with Crippen LogP contribution >= 0.6 is 11.6 Å². The Labute approximate surface area is 197 Å². The highest BCUT2D eigenvalue weighted by molar-refractivity contribution is 6.30. The van der Waals surface area contributed by atoms with Gasteiger partial charge in [-0.3, -0.25) is 0 Å². The Morgan fingerprint density at radius 2 is 1.82 bits per heavy atom. The van der Waals surface area contributed by atoms with Crippen molar-refractivity contribution in [3.05, 3.63) is 93.5 Å². The molecule has 0 fully saturated rings. The molecule has 3 aromatic carbocycles. The normalized spacial score (nSPS) is 18.7. The van der Waals surface area contributed by atoms with Gasteiger partial charge in [-0.25, -0.2) is 9.80 Å². The second-order valence-corrected chi connectivity index (χ2v) is 8.56. The van der Waals surface area contributed by atoms with E-state index in [0.717, 1.165) is 22.4 Å². The topological polar surface area (TPSA) is 60.4 Å². The fourth-order valence-electron chi connectivity index (χ4n) is 4.32. The third kappa shape index (κ3) is 3.80. The average molecular weight is 463 g/mol. The van der Waals surface area contributed by atoms with Gasteiger partial charge in [-0.05, 0) is 30.7 Å². The van der Waals surface area contributed by atoms with Gasteiger partial charge in [0, 0.05) is 28.6 Å². The van der Waals surface area contributed by atoms with E-state index in [9.17, 15) is 4.79 Å². The summed E-state index contributed by atoms with van der Waals surface area (Å²) in [6.07, 6.45) is 0.215. The zero-order chi connectivity index (χ0) is 23.1. The van der Waals surface area contributed by atoms with Crippen molar-refractivity contribution in [1.29, 1.82) is 0 Å². The molecular weight excluding hydrogens is 440 g/mol. The Morgan fingerprint density at radius 3 is 2.48 bits per heavy atom. The van der Waals surface area contributed by atoms with E-state index in [-0.39, 0.29) is 12.0 Å². The van der Waals surface area contributed by atoms with Crippen LogP contribution in [-0.4, -0.2) is 30.9 Å². The lowest BCUT2D eigenvalue weighted by Gasteiger charge is -2.38. The number of carbonyl (C=O) groups excluding carboxylic acids is 1. The van der Waals surface area contributed by atoms with Gasteiger partial charge in [-0.1, -0.05) is 53.6 Å². The van der Waals surface area contributed by atoms with E-state index in [1.165, 1.54) is 12.7 Å². The number of fused-ring (bicyclic) bond motifs is 3. The molecule has 0 unspecified atom stereocenters. The van der Waals surface area contributed by atoms with E-state index < -0.39 is 6.23 Å². The second kappa shape index (κ2) is 8.45. The molecule has 0 radical (unpaired) electrons. The first-order chi connectivity index (χ1) is 16.0. The summed E-state index contributed by atoms with van der Waals surface area (Å²) in [4.78, 5) is 11.9. The minimum absolute atomic E-state index is 0.0667. The summed E-state index contributed by atoms with van der Waals surface area (Å²) in [5.74, 6) is 0.856. The minimum atomic E-state index is -0.493. The number of esters is 1. The summed E-state index contributed by atoms with van der Waals surface area (Å²) in [5.41, 5.74) is 5.53. The number of rotatable bonds is 4. The van der Waals surface area contributed by atoms with Crippen molar-refractivity contribution >= 4 is 23.3 Å². The molecule has 6 nitrogen and oxygen atoms in total. The largest absolute Gasteiger partial charge is 0.493 e. The molecule has 2 aliphatic heterocycles. The van der Waals surface area contributed by atoms with Crippen molar-refractivity contribution in [2.75, 3.05) is 14.2 Å². The molecule has 0 aromatic heterocycles. The third-order valence-electron chi connectivity index (χ3n) is 6.04. The van der Waals surface area contributed by atoms with E-state index in [0.29, 0.717) is 28.5 Å². The quantitative estimate of drug-likeness (QED) is 0.466. The highest BCUT2D eigenvalue weighted by Crippen LogP contribution is 2.51. The Hall–Kier alpha value is -3.51. The van der Waals surface area contributed by atoms with Crippen molar-refractivity contribution in [2.45, 2.75) is 25.6 Å². The van der Waals surface area contributed by atoms with Crippen molar-refractivity contribution in [3.8, 4) is 11.5 Å². The zero-order valence-electron chi connectivity index (χ0n) is 18.5. The van der Waals surface area contributed by atoms with Crippen molar-refractivity contribution < 1.29 is 19.0 Å². The number of hydrogen-bond acceptors (Lipinski definition) is 6. The first-order valence-corrected chi connectivity index (χ1v) is 11.0. The van der Waals surface area contributed by atoms with Gasteiger partial charge in [0.15, 0.2) is 11.5 Å². The molecule has 0 spiro atoms. The molecule has 168 valence electrons. The Kier molecular flexibility index (Phi) is 5.46. The number of carbonyl (C=O) groups is 1. The predicted octanol–water partition coefficient (Wildman–Crippen LogP) is 5.69. The van der Waals surface area contributed by atoms with E-state index in [1.807, 2.05) is 23.2 Å². The molecule has 0 bridgehead atoms. The van der Waals surface area contributed by atoms with Crippen LogP contribution in [0.15, 0.2) is 65.8 Å². The SMILES string of the molecule is COC(=O)c1ccc([C@H]2Oc3c(OC)cc(Cl)cc3[C@@H]3CC(c4ccc(C)cc4)=NN23)cc1. The van der Waals surface area contributed by atoms with Gasteiger partial charge in [0.25, 0.3) is 0 Å². The van der Waals surface area contributed by atoms with Crippen LogP contribution in [0.1, 0.15) is 51.3 Å². The number of halogens is 1. The van der Waals surface area contributed by atoms with E-state index >= 15 is 0 Å². The molecule has 5 rings (SSSR count). The number of ether oxygens (including phenoxy) is 3. The summed E-state index contributed by atoms with van der Waals surface area (Å²) in [6.45, 7) is 2.07. The molecule has 0 saturated heterocycles. The van der Waals surface area contributed by atoms with Crippen molar-refractivity contribution in [1.82, 2.24) is 5.01 Å². The van der Waals surface area contributed by atoms with Crippen molar-refractivity contribution in [2.24, 2.45) is 5.10 Å². The van der Waals surface area contributed by atoms with Crippen LogP contribution in [0.5, 0.6) is 11.5 Å². The second-order valence-electron chi connectivity index (χ2n) is 8.12. The van der Waals surface area contributed by atoms with Crippen molar-refractivity contribution in [3.63, 3.8) is 0 Å². The Bertz CT molecular complexity index is 1240. The van der Waals surface area contributed by atoms with E-state index in [4.69, 9.17) is 30.9 Å². The summed E-state index contributed by atoms with van der Waals surface area (Å²) in [5, 5.41) is 7.53. The van der Waals surface area contributed by atoms with Crippen LogP contribution in [0.25, 0.3) is 0 Å². The maximum absolute atomic E-state index is 11.9. The predicted molar refractivity (Wildman–Crippen MR) is 126 cm³/mol. The molecule has 2 aliphatic rings. The lowest BCUT2D eigenvalue weighted by atomic mass is 9.95. The first kappa shape index (κ1) is 21.3. The molecule has 0 aliphatic carbocycles. The number of methoxy groups -OCH3 is 2. The zero-order valence-corrected chi connectivity index (χ0v) is 19.3. The summed E-state index contributed by atoms with van der Waals surface area (Å²) in [7, 11) is 2.97. The summed E-state index contributed by atoms with van der Waals surface area (Å²) in [6, 6.07) is 19.1. The van der Waals surface area contributed by atoms with Crippen LogP contribution in [-0.2, 0) is 4.74 Å². The van der Waals surface area contributed by atoms with Crippen LogP contribution < -0.4 is 9.47 Å². The van der Waals surface area contributed by atoms with Gasteiger partial charge in [-0.2, -0.15) is 5.10 Å². The van der Waals surface area contributed by atoms with Crippen LogP contribution in [0.3, 0.4) is 0 Å². The number of hydrogen-bond donors (Lipinski definition) is 0. The van der Waals surface area contributed by atoms with E-state index in [1.54, 1.807) is 25.3 Å². The monoisotopic (exact) mass is 462 g/mol. The summed E-state index contributed by atoms with van der Waals surface area (Å²) < 4.78 is 16.9. The lowest BCUT2D eigenvalue weighted by molar-refractivity contribution is -0.0209. The molecule has 2 atom stereocenters. The number of hydrazone groups is 1. The maximum Gasteiger partial charge on any atom is 0.337 e. The first-order valence-electron chi connectivity index (χ1n) is 10.6. The van der Waals surface area contributed by atoms with Gasteiger partial charge in [0.05, 0.1) is 31.5 Å². The van der Waals surface area contributed by atoms with E-state index in [2.05, 4.69) is 31.2 Å². The van der Waals surface area contributed by atoms with Gasteiger partial charge >= 0.3 is 5.97 Å². The molecule has 0 saturated carbocycles. The highest BCUT2D eigenvalue weighted by atomic mass is 35.5. The molecule has 7 heteroatoms. The minimum Gasteiger partial charge on any atom is -0.493 e. The fourth-order valence-corrected chi connectivity index (χ4v) is 4.54. The number of benzene rings is 3. The molecule has 3 aromatic rings. The lowest BCUT2D eigenvalue weighted by Crippen LogP contribution is -2.34. The molecular formula is C26H23ClN2O4. The average Bonchev–Trinajstić information content (AvgIpc) is 3.29. The summed E-state index contributed by atoms with van der Waals surface area (Å²) >= 11 is 6.40. The molecule has 0 N–H and O–H groups in total. The highest BCUT2D eigenvalue weighted by Gasteiger charge is 2.42. The Balaban J connectivity index is 1.59.